The Morgan fingerprint density at radius 3 is 2.20 bits per heavy atom. The van der Waals surface area contributed by atoms with E-state index in [-0.39, 0.29) is 0 Å². The molecule has 0 unspecified atom stereocenters. The molecule has 2 N–H and O–H groups in total. The van der Waals surface area contributed by atoms with Gasteiger partial charge < -0.3 is 15.4 Å². The third kappa shape index (κ3) is 5.32. The molecule has 0 aliphatic rings. The molecule has 3 heteroatoms. The van der Waals surface area contributed by atoms with Crippen molar-refractivity contribution >= 4 is 11.4 Å². The second kappa shape index (κ2) is 8.03. The molecule has 0 aliphatic carbocycles. The number of nitrogen functional groups attached to an aromatic ring is 1. The molecule has 3 nitrogen and oxygen atoms in total. The zero-order valence-corrected chi connectivity index (χ0v) is 13.6. The first-order valence-electron chi connectivity index (χ1n) is 7.71. The Morgan fingerprint density at radius 2 is 1.70 bits per heavy atom. The van der Waals surface area contributed by atoms with Gasteiger partial charge in [0.05, 0.1) is 12.3 Å². The molecule has 114 valence electrons. The maximum Gasteiger partial charge on any atom is 0.144 e. The summed E-state index contributed by atoms with van der Waals surface area (Å²) in [6.45, 7) is 13.9. The van der Waals surface area contributed by atoms with Crippen LogP contribution < -0.4 is 15.4 Å². The van der Waals surface area contributed by atoms with Gasteiger partial charge in [-0.1, -0.05) is 34.6 Å². The minimum absolute atomic E-state index is 0.631. The van der Waals surface area contributed by atoms with Crippen molar-refractivity contribution in [1.82, 2.24) is 0 Å². The van der Waals surface area contributed by atoms with Crippen molar-refractivity contribution < 1.29 is 4.74 Å². The Labute approximate surface area is 124 Å². The molecule has 0 fully saturated rings. The highest BCUT2D eigenvalue weighted by atomic mass is 16.5. The lowest BCUT2D eigenvalue weighted by molar-refractivity contribution is 0.319. The molecular weight excluding hydrogens is 248 g/mol. The Balaban J connectivity index is 2.94. The van der Waals surface area contributed by atoms with Crippen LogP contribution in [0.1, 0.15) is 41.0 Å². The summed E-state index contributed by atoms with van der Waals surface area (Å²) in [5.74, 6) is 2.07. The highest BCUT2D eigenvalue weighted by molar-refractivity contribution is 5.62. The number of rotatable bonds is 8. The van der Waals surface area contributed by atoms with Crippen LogP contribution in [-0.2, 0) is 0 Å². The van der Waals surface area contributed by atoms with Crippen LogP contribution in [0.2, 0.25) is 0 Å². The van der Waals surface area contributed by atoms with Crippen molar-refractivity contribution in [2.24, 2.45) is 11.8 Å². The van der Waals surface area contributed by atoms with Crippen molar-refractivity contribution in [3.05, 3.63) is 18.2 Å². The van der Waals surface area contributed by atoms with Crippen molar-refractivity contribution in [3.8, 4) is 5.75 Å². The zero-order valence-electron chi connectivity index (χ0n) is 13.6. The molecule has 0 bridgehead atoms. The van der Waals surface area contributed by atoms with Crippen LogP contribution in [0.15, 0.2) is 18.2 Å². The number of hydrogen-bond donors (Lipinski definition) is 1. The van der Waals surface area contributed by atoms with E-state index < -0.39 is 0 Å². The summed E-state index contributed by atoms with van der Waals surface area (Å²) in [6.07, 6.45) is 0.991. The largest absolute Gasteiger partial charge is 0.491 e. The molecule has 0 radical (unpaired) electrons. The molecule has 0 saturated heterocycles. The first-order valence-corrected chi connectivity index (χ1v) is 7.71. The van der Waals surface area contributed by atoms with Gasteiger partial charge in [-0.05, 0) is 30.4 Å². The van der Waals surface area contributed by atoms with Crippen LogP contribution in [-0.4, -0.2) is 19.7 Å². The van der Waals surface area contributed by atoms with Crippen LogP contribution in [0.4, 0.5) is 11.4 Å². The Bertz CT molecular complexity index is 392. The van der Waals surface area contributed by atoms with Gasteiger partial charge in [0.1, 0.15) is 5.75 Å². The number of anilines is 2. The molecule has 0 aliphatic heterocycles. The lowest BCUT2D eigenvalue weighted by atomic mass is 10.1. The van der Waals surface area contributed by atoms with E-state index in [2.05, 4.69) is 51.7 Å². The fraction of sp³-hybridized carbons (Fsp3) is 0.647. The number of nitrogens with zero attached hydrogens (tertiary/aromatic N) is 1. The van der Waals surface area contributed by atoms with E-state index in [1.807, 2.05) is 6.07 Å². The highest BCUT2D eigenvalue weighted by Gasteiger charge is 2.12. The van der Waals surface area contributed by atoms with E-state index in [1.165, 1.54) is 5.69 Å². The van der Waals surface area contributed by atoms with Gasteiger partial charge in [-0.15, -0.1) is 0 Å². The highest BCUT2D eigenvalue weighted by Crippen LogP contribution is 2.29. The first-order chi connectivity index (χ1) is 9.43. The summed E-state index contributed by atoms with van der Waals surface area (Å²) in [6, 6.07) is 6.13. The van der Waals surface area contributed by atoms with Crippen molar-refractivity contribution in [3.63, 3.8) is 0 Å². The predicted octanol–water partition coefficient (Wildman–Crippen LogP) is 4.18. The van der Waals surface area contributed by atoms with Gasteiger partial charge in [0, 0.05) is 24.8 Å². The second-order valence-corrected chi connectivity index (χ2v) is 6.26. The molecule has 1 aromatic carbocycles. The number of benzene rings is 1. The topological polar surface area (TPSA) is 38.5 Å². The van der Waals surface area contributed by atoms with Gasteiger partial charge in [-0.2, -0.15) is 0 Å². The summed E-state index contributed by atoms with van der Waals surface area (Å²) in [7, 11) is 0. The van der Waals surface area contributed by atoms with E-state index in [0.29, 0.717) is 18.4 Å². The third-order valence-corrected chi connectivity index (χ3v) is 3.00. The molecular formula is C17H30N2O. The first kappa shape index (κ1) is 16.7. The van der Waals surface area contributed by atoms with Crippen LogP contribution in [0.5, 0.6) is 5.75 Å². The summed E-state index contributed by atoms with van der Waals surface area (Å²) < 4.78 is 5.74. The van der Waals surface area contributed by atoms with Crippen LogP contribution in [0, 0.1) is 11.8 Å². The molecule has 0 heterocycles. The lowest BCUT2D eigenvalue weighted by Crippen LogP contribution is -2.31. The van der Waals surface area contributed by atoms with E-state index in [4.69, 9.17) is 10.5 Å². The Kier molecular flexibility index (Phi) is 6.69. The molecule has 20 heavy (non-hydrogen) atoms. The van der Waals surface area contributed by atoms with Crippen LogP contribution in [0.25, 0.3) is 0 Å². The fourth-order valence-corrected chi connectivity index (χ4v) is 2.22. The van der Waals surface area contributed by atoms with E-state index in [0.717, 1.165) is 30.9 Å². The summed E-state index contributed by atoms with van der Waals surface area (Å²) in [4.78, 5) is 2.42. The second-order valence-electron chi connectivity index (χ2n) is 6.26. The zero-order chi connectivity index (χ0) is 15.1. The van der Waals surface area contributed by atoms with Gasteiger partial charge in [-0.25, -0.2) is 0 Å². The molecule has 1 aromatic rings. The van der Waals surface area contributed by atoms with Gasteiger partial charge in [0.25, 0.3) is 0 Å². The Hall–Kier alpha value is -1.38. The average molecular weight is 278 g/mol. The van der Waals surface area contributed by atoms with Gasteiger partial charge in [-0.3, -0.25) is 0 Å². The minimum atomic E-state index is 0.631. The van der Waals surface area contributed by atoms with Crippen molar-refractivity contribution in [1.29, 1.82) is 0 Å². The number of ether oxygens (including phenoxy) is 1. The van der Waals surface area contributed by atoms with Crippen LogP contribution >= 0.6 is 0 Å². The number of hydrogen-bond acceptors (Lipinski definition) is 3. The molecule has 1 rings (SSSR count). The maximum atomic E-state index is 5.99. The van der Waals surface area contributed by atoms with Gasteiger partial charge in [0.2, 0.25) is 0 Å². The Morgan fingerprint density at radius 1 is 1.10 bits per heavy atom. The normalized spacial score (nSPS) is 11.2. The van der Waals surface area contributed by atoms with Gasteiger partial charge in [0.15, 0.2) is 0 Å². The number of nitrogens with two attached hydrogens (primary N) is 1. The van der Waals surface area contributed by atoms with Crippen molar-refractivity contribution in [2.75, 3.05) is 30.3 Å². The predicted molar refractivity (Wildman–Crippen MR) is 88.5 cm³/mol. The average Bonchev–Trinajstić information content (AvgIpc) is 2.36. The van der Waals surface area contributed by atoms with Crippen molar-refractivity contribution in [2.45, 2.75) is 41.0 Å². The molecule has 0 amide bonds. The maximum absolute atomic E-state index is 5.99. The van der Waals surface area contributed by atoms with E-state index in [9.17, 15) is 0 Å². The smallest absolute Gasteiger partial charge is 0.144 e. The lowest BCUT2D eigenvalue weighted by Gasteiger charge is -2.29. The molecule has 0 atom stereocenters. The molecule has 0 spiro atoms. The monoisotopic (exact) mass is 278 g/mol. The quantitative estimate of drug-likeness (QED) is 0.725. The summed E-state index contributed by atoms with van der Waals surface area (Å²) in [5, 5.41) is 0. The summed E-state index contributed by atoms with van der Waals surface area (Å²) in [5.41, 5.74) is 7.91. The van der Waals surface area contributed by atoms with E-state index in [1.54, 1.807) is 0 Å². The molecule has 0 aromatic heterocycles. The standard InChI is InChI=1S/C17H30N2O/c1-6-9-20-17-10-15(7-8-16(17)18)19(11-13(2)3)12-14(4)5/h7-8,10,13-14H,6,9,11-12,18H2,1-5H3. The van der Waals surface area contributed by atoms with E-state index >= 15 is 0 Å². The summed E-state index contributed by atoms with van der Waals surface area (Å²) >= 11 is 0. The third-order valence-electron chi connectivity index (χ3n) is 3.00. The van der Waals surface area contributed by atoms with Gasteiger partial charge >= 0.3 is 0 Å². The fourth-order valence-electron chi connectivity index (χ4n) is 2.22. The molecule has 0 saturated carbocycles. The van der Waals surface area contributed by atoms with Crippen LogP contribution in [0.3, 0.4) is 0 Å². The SMILES string of the molecule is CCCOc1cc(N(CC(C)C)CC(C)C)ccc1N. The minimum Gasteiger partial charge on any atom is -0.491 e.